The van der Waals surface area contributed by atoms with Gasteiger partial charge in [0.25, 0.3) is 0 Å². The smallest absolute Gasteiger partial charge is 0.245 e. The molecule has 1 aromatic rings. The average Bonchev–Trinajstić information content (AvgIpc) is 2.26. The number of nitrogens with zero attached hydrogens (tertiary/aromatic N) is 1. The number of hydrogen-bond donors (Lipinski definition) is 1. The van der Waals surface area contributed by atoms with Crippen LogP contribution in [0.4, 0.5) is 5.69 Å². The Hall–Kier alpha value is -0.110. The standard InChI is InChI=1S/C13H18Br2N2O2S/c1-13(2)3-5-17(6-4-13)20(18,19)12-10(14)7-9(16)8-11(12)15/h7-8H,3-6,16H2,1-2H3. The lowest BCUT2D eigenvalue weighted by molar-refractivity contribution is 0.195. The minimum atomic E-state index is -3.51. The Kier molecular flexibility index (Phi) is 4.54. The number of rotatable bonds is 2. The van der Waals surface area contributed by atoms with Crippen LogP contribution in [-0.2, 0) is 10.0 Å². The van der Waals surface area contributed by atoms with Crippen molar-refractivity contribution in [3.05, 3.63) is 21.1 Å². The lowest BCUT2D eigenvalue weighted by atomic mass is 9.83. The van der Waals surface area contributed by atoms with Crippen LogP contribution in [0, 0.1) is 5.41 Å². The van der Waals surface area contributed by atoms with Gasteiger partial charge in [-0.25, -0.2) is 8.42 Å². The van der Waals surface area contributed by atoms with Gasteiger partial charge >= 0.3 is 0 Å². The van der Waals surface area contributed by atoms with Crippen molar-refractivity contribution in [1.82, 2.24) is 4.31 Å². The van der Waals surface area contributed by atoms with E-state index in [1.807, 2.05) is 0 Å². The molecule has 1 aromatic carbocycles. The minimum Gasteiger partial charge on any atom is -0.399 e. The van der Waals surface area contributed by atoms with E-state index >= 15 is 0 Å². The number of anilines is 1. The molecule has 0 unspecified atom stereocenters. The minimum absolute atomic E-state index is 0.210. The highest BCUT2D eigenvalue weighted by Gasteiger charge is 2.34. The van der Waals surface area contributed by atoms with Crippen molar-refractivity contribution in [2.24, 2.45) is 5.41 Å². The molecule has 1 saturated heterocycles. The van der Waals surface area contributed by atoms with Crippen LogP contribution in [0.2, 0.25) is 0 Å². The van der Waals surface area contributed by atoms with Crippen LogP contribution in [-0.4, -0.2) is 25.8 Å². The second kappa shape index (κ2) is 5.59. The average molecular weight is 426 g/mol. The van der Waals surface area contributed by atoms with Gasteiger partial charge < -0.3 is 5.73 Å². The third-order valence-electron chi connectivity index (χ3n) is 3.69. The molecule has 1 heterocycles. The van der Waals surface area contributed by atoms with Crippen molar-refractivity contribution in [2.75, 3.05) is 18.8 Å². The second-order valence-corrected chi connectivity index (χ2v) is 9.47. The second-order valence-electron chi connectivity index (χ2n) is 5.88. The first-order valence-electron chi connectivity index (χ1n) is 6.38. The molecular formula is C13H18Br2N2O2S. The molecule has 0 saturated carbocycles. The number of piperidine rings is 1. The molecule has 0 aliphatic carbocycles. The van der Waals surface area contributed by atoms with Crippen molar-refractivity contribution >= 4 is 47.6 Å². The molecule has 0 atom stereocenters. The van der Waals surface area contributed by atoms with Crippen LogP contribution in [0.25, 0.3) is 0 Å². The van der Waals surface area contributed by atoms with Gasteiger partial charge in [-0.3, -0.25) is 0 Å². The number of halogens is 2. The fraction of sp³-hybridized carbons (Fsp3) is 0.538. The zero-order valence-electron chi connectivity index (χ0n) is 11.5. The van der Waals surface area contributed by atoms with Gasteiger partial charge in [0.05, 0.1) is 0 Å². The first-order chi connectivity index (χ1) is 9.13. The van der Waals surface area contributed by atoms with E-state index in [9.17, 15) is 8.42 Å². The van der Waals surface area contributed by atoms with Gasteiger partial charge in [0, 0.05) is 27.7 Å². The Morgan fingerprint density at radius 1 is 1.15 bits per heavy atom. The third kappa shape index (κ3) is 3.21. The van der Waals surface area contributed by atoms with Gasteiger partial charge in [0.2, 0.25) is 10.0 Å². The molecule has 2 rings (SSSR count). The van der Waals surface area contributed by atoms with Gasteiger partial charge in [0.15, 0.2) is 0 Å². The van der Waals surface area contributed by atoms with Crippen LogP contribution >= 0.6 is 31.9 Å². The monoisotopic (exact) mass is 424 g/mol. The maximum atomic E-state index is 12.8. The van der Waals surface area contributed by atoms with E-state index in [0.29, 0.717) is 27.7 Å². The highest BCUT2D eigenvalue weighted by molar-refractivity contribution is 9.11. The summed E-state index contributed by atoms with van der Waals surface area (Å²) in [6, 6.07) is 3.23. The van der Waals surface area contributed by atoms with Gasteiger partial charge in [-0.15, -0.1) is 0 Å². The summed E-state index contributed by atoms with van der Waals surface area (Å²) >= 11 is 6.61. The van der Waals surface area contributed by atoms with Crippen LogP contribution in [0.15, 0.2) is 26.0 Å². The molecular weight excluding hydrogens is 408 g/mol. The first-order valence-corrected chi connectivity index (χ1v) is 9.41. The quantitative estimate of drug-likeness (QED) is 0.736. The number of benzene rings is 1. The predicted molar refractivity (Wildman–Crippen MR) is 88.0 cm³/mol. The number of nitrogen functional groups attached to an aromatic ring is 1. The predicted octanol–water partition coefficient (Wildman–Crippen LogP) is 3.60. The largest absolute Gasteiger partial charge is 0.399 e. The Morgan fingerprint density at radius 2 is 1.60 bits per heavy atom. The van der Waals surface area contributed by atoms with Gasteiger partial charge in [-0.2, -0.15) is 4.31 Å². The summed E-state index contributed by atoms with van der Waals surface area (Å²) < 4.78 is 28.1. The molecule has 1 fully saturated rings. The molecule has 1 aliphatic rings. The van der Waals surface area contributed by atoms with Crippen LogP contribution < -0.4 is 5.73 Å². The summed E-state index contributed by atoms with van der Waals surface area (Å²) in [5.74, 6) is 0. The molecule has 0 bridgehead atoms. The first kappa shape index (κ1) is 16.3. The van der Waals surface area contributed by atoms with Crippen LogP contribution in [0.5, 0.6) is 0 Å². The summed E-state index contributed by atoms with van der Waals surface area (Å²) in [5, 5.41) is 0. The van der Waals surface area contributed by atoms with E-state index in [-0.39, 0.29) is 10.3 Å². The van der Waals surface area contributed by atoms with Crippen LogP contribution in [0.3, 0.4) is 0 Å². The normalized spacial score (nSPS) is 20.0. The van der Waals surface area contributed by atoms with E-state index in [1.165, 1.54) is 0 Å². The number of nitrogens with two attached hydrogens (primary N) is 1. The fourth-order valence-electron chi connectivity index (χ4n) is 2.29. The zero-order chi connectivity index (χ0) is 15.1. The highest BCUT2D eigenvalue weighted by Crippen LogP contribution is 2.37. The molecule has 0 aromatic heterocycles. The van der Waals surface area contributed by atoms with E-state index in [2.05, 4.69) is 45.7 Å². The lowest BCUT2D eigenvalue weighted by Crippen LogP contribution is -2.41. The molecule has 2 N–H and O–H groups in total. The highest BCUT2D eigenvalue weighted by atomic mass is 79.9. The van der Waals surface area contributed by atoms with Crippen molar-refractivity contribution < 1.29 is 8.42 Å². The van der Waals surface area contributed by atoms with E-state index < -0.39 is 10.0 Å². The molecule has 7 heteroatoms. The van der Waals surface area contributed by atoms with E-state index in [0.717, 1.165) is 12.8 Å². The van der Waals surface area contributed by atoms with E-state index in [4.69, 9.17) is 5.73 Å². The van der Waals surface area contributed by atoms with Crippen molar-refractivity contribution in [2.45, 2.75) is 31.6 Å². The summed E-state index contributed by atoms with van der Waals surface area (Å²) in [6.07, 6.45) is 1.74. The summed E-state index contributed by atoms with van der Waals surface area (Å²) in [4.78, 5) is 0.256. The van der Waals surface area contributed by atoms with Gasteiger partial charge in [-0.05, 0) is 62.2 Å². The summed E-state index contributed by atoms with van der Waals surface area (Å²) in [6.45, 7) is 5.45. The summed E-state index contributed by atoms with van der Waals surface area (Å²) in [7, 11) is -3.51. The molecule has 20 heavy (non-hydrogen) atoms. The van der Waals surface area contributed by atoms with Crippen molar-refractivity contribution in [1.29, 1.82) is 0 Å². The Morgan fingerprint density at radius 3 is 2.05 bits per heavy atom. The molecule has 0 spiro atoms. The number of hydrogen-bond acceptors (Lipinski definition) is 3. The third-order valence-corrected chi connectivity index (χ3v) is 7.47. The Labute approximate surface area is 137 Å². The van der Waals surface area contributed by atoms with Gasteiger partial charge in [0.1, 0.15) is 4.90 Å². The molecule has 0 radical (unpaired) electrons. The fourth-order valence-corrected chi connectivity index (χ4v) is 6.27. The lowest BCUT2D eigenvalue weighted by Gasteiger charge is -2.36. The van der Waals surface area contributed by atoms with Crippen molar-refractivity contribution in [3.8, 4) is 0 Å². The molecule has 0 amide bonds. The Balaban J connectivity index is 2.37. The van der Waals surface area contributed by atoms with Gasteiger partial charge in [-0.1, -0.05) is 13.8 Å². The van der Waals surface area contributed by atoms with Crippen molar-refractivity contribution in [3.63, 3.8) is 0 Å². The maximum absolute atomic E-state index is 12.8. The van der Waals surface area contributed by atoms with Crippen LogP contribution in [0.1, 0.15) is 26.7 Å². The maximum Gasteiger partial charge on any atom is 0.245 e. The molecule has 1 aliphatic heterocycles. The van der Waals surface area contributed by atoms with E-state index in [1.54, 1.807) is 16.4 Å². The summed E-state index contributed by atoms with van der Waals surface area (Å²) in [5.41, 5.74) is 6.44. The number of sulfonamides is 1. The molecule has 4 nitrogen and oxygen atoms in total. The topological polar surface area (TPSA) is 63.4 Å². The zero-order valence-corrected chi connectivity index (χ0v) is 15.5. The Bertz CT molecular complexity index is 596. The SMILES string of the molecule is CC1(C)CCN(S(=O)(=O)c2c(Br)cc(N)cc2Br)CC1. The molecule has 112 valence electrons.